The van der Waals surface area contributed by atoms with Crippen LogP contribution in [0.5, 0.6) is 0 Å². The minimum absolute atomic E-state index is 0.126. The van der Waals surface area contributed by atoms with E-state index in [2.05, 4.69) is 0 Å². The molecule has 2 saturated heterocycles. The average Bonchev–Trinajstić information content (AvgIpc) is 2.94. The topological polar surface area (TPSA) is 77.9 Å². The summed E-state index contributed by atoms with van der Waals surface area (Å²) in [7, 11) is 0. The highest BCUT2D eigenvalue weighted by Crippen LogP contribution is 2.30. The molecule has 1 N–H and O–H groups in total. The monoisotopic (exact) mass is 358 g/mol. The second-order valence-electron chi connectivity index (χ2n) is 7.80. The van der Waals surface area contributed by atoms with Crippen LogP contribution in [0.3, 0.4) is 0 Å². The van der Waals surface area contributed by atoms with E-state index in [0.717, 1.165) is 16.8 Å². The lowest BCUT2D eigenvalue weighted by molar-refractivity contribution is -0.148. The van der Waals surface area contributed by atoms with Gasteiger partial charge in [-0.15, -0.1) is 0 Å². The quantitative estimate of drug-likeness (QED) is 0.841. The number of aliphatic carboxylic acids is 1. The summed E-state index contributed by atoms with van der Waals surface area (Å²) in [5.74, 6) is -2.39. The lowest BCUT2D eigenvalue weighted by Crippen LogP contribution is -2.49. The number of aryl methyl sites for hydroxylation is 2. The number of hydrogen-bond donors (Lipinski definition) is 1. The maximum atomic E-state index is 12.9. The number of hydrogen-bond acceptors (Lipinski definition) is 3. The summed E-state index contributed by atoms with van der Waals surface area (Å²) in [4.78, 5) is 40.4. The van der Waals surface area contributed by atoms with Crippen molar-refractivity contribution in [1.82, 2.24) is 4.90 Å². The van der Waals surface area contributed by atoms with Crippen molar-refractivity contribution in [2.75, 3.05) is 24.5 Å². The SMILES string of the molecule is Cc1cc(C)cc(N2CCC(C(=O)N3CC(C)CC(C(=O)O)C3)C2=O)c1. The van der Waals surface area contributed by atoms with E-state index in [9.17, 15) is 19.5 Å². The van der Waals surface area contributed by atoms with Gasteiger partial charge in [0.25, 0.3) is 0 Å². The Balaban J connectivity index is 1.75. The fourth-order valence-electron chi connectivity index (χ4n) is 4.20. The Morgan fingerprint density at radius 2 is 1.77 bits per heavy atom. The number of piperidine rings is 1. The fraction of sp³-hybridized carbons (Fsp3) is 0.550. The molecule has 2 aliphatic heterocycles. The van der Waals surface area contributed by atoms with Crippen molar-refractivity contribution in [2.45, 2.75) is 33.6 Å². The van der Waals surface area contributed by atoms with E-state index < -0.39 is 17.8 Å². The largest absolute Gasteiger partial charge is 0.481 e. The maximum Gasteiger partial charge on any atom is 0.308 e. The minimum atomic E-state index is -0.871. The van der Waals surface area contributed by atoms with E-state index in [1.807, 2.05) is 39.0 Å². The molecule has 2 heterocycles. The van der Waals surface area contributed by atoms with Gasteiger partial charge in [-0.05, 0) is 55.9 Å². The van der Waals surface area contributed by atoms with Crippen molar-refractivity contribution in [3.63, 3.8) is 0 Å². The number of benzene rings is 1. The summed E-state index contributed by atoms with van der Waals surface area (Å²) in [5.41, 5.74) is 2.99. The van der Waals surface area contributed by atoms with Crippen LogP contribution >= 0.6 is 0 Å². The van der Waals surface area contributed by atoms with Crippen LogP contribution in [0, 0.1) is 31.6 Å². The van der Waals surface area contributed by atoms with Crippen molar-refractivity contribution >= 4 is 23.5 Å². The molecule has 3 rings (SSSR count). The second-order valence-corrected chi connectivity index (χ2v) is 7.80. The van der Waals surface area contributed by atoms with E-state index in [1.54, 1.807) is 9.80 Å². The minimum Gasteiger partial charge on any atom is -0.481 e. The van der Waals surface area contributed by atoms with E-state index >= 15 is 0 Å². The summed E-state index contributed by atoms with van der Waals surface area (Å²) in [6.07, 6.45) is 1.06. The highest BCUT2D eigenvalue weighted by atomic mass is 16.4. The molecule has 140 valence electrons. The van der Waals surface area contributed by atoms with Gasteiger partial charge in [0.1, 0.15) is 5.92 Å². The first-order valence-corrected chi connectivity index (χ1v) is 9.17. The Morgan fingerprint density at radius 3 is 2.38 bits per heavy atom. The van der Waals surface area contributed by atoms with Crippen LogP contribution in [0.15, 0.2) is 18.2 Å². The molecule has 0 bridgehead atoms. The zero-order chi connectivity index (χ0) is 19.0. The number of carboxylic acids is 1. The summed E-state index contributed by atoms with van der Waals surface area (Å²) >= 11 is 0. The molecule has 6 heteroatoms. The third-order valence-corrected chi connectivity index (χ3v) is 5.34. The summed E-state index contributed by atoms with van der Waals surface area (Å²) < 4.78 is 0. The number of amides is 2. The number of anilines is 1. The lowest BCUT2D eigenvalue weighted by Gasteiger charge is -2.35. The highest BCUT2D eigenvalue weighted by Gasteiger charge is 2.42. The Bertz CT molecular complexity index is 725. The molecule has 6 nitrogen and oxygen atoms in total. The first-order valence-electron chi connectivity index (χ1n) is 9.17. The molecule has 0 spiro atoms. The van der Waals surface area contributed by atoms with Crippen LogP contribution < -0.4 is 4.90 Å². The molecular formula is C20H26N2O4. The van der Waals surface area contributed by atoms with Crippen molar-refractivity contribution in [3.8, 4) is 0 Å². The third kappa shape index (κ3) is 3.59. The molecule has 0 saturated carbocycles. The Labute approximate surface area is 153 Å². The van der Waals surface area contributed by atoms with Gasteiger partial charge in [0.05, 0.1) is 5.92 Å². The number of likely N-dealkylation sites (tertiary alicyclic amines) is 1. The van der Waals surface area contributed by atoms with Gasteiger partial charge in [0, 0.05) is 25.3 Å². The maximum absolute atomic E-state index is 12.9. The standard InChI is InChI=1S/C20H26N2O4/c1-12-6-13(2)9-16(8-12)22-5-4-17(19(22)24)18(23)21-10-14(3)7-15(11-21)20(25)26/h6,8-9,14-15,17H,4-5,7,10-11H2,1-3H3,(H,25,26). The highest BCUT2D eigenvalue weighted by molar-refractivity contribution is 6.09. The summed E-state index contributed by atoms with van der Waals surface area (Å²) in [6, 6.07) is 5.97. The van der Waals surface area contributed by atoms with Crippen molar-refractivity contribution in [3.05, 3.63) is 29.3 Å². The lowest BCUT2D eigenvalue weighted by atomic mass is 9.89. The molecule has 3 atom stereocenters. The van der Waals surface area contributed by atoms with Gasteiger partial charge in [-0.1, -0.05) is 13.0 Å². The number of nitrogens with zero attached hydrogens (tertiary/aromatic N) is 2. The molecule has 2 aliphatic rings. The number of carbonyl (C=O) groups excluding carboxylic acids is 2. The van der Waals surface area contributed by atoms with Gasteiger partial charge in [0.15, 0.2) is 0 Å². The molecule has 2 fully saturated rings. The zero-order valence-corrected chi connectivity index (χ0v) is 15.6. The molecule has 0 radical (unpaired) electrons. The molecule has 26 heavy (non-hydrogen) atoms. The van der Waals surface area contributed by atoms with Gasteiger partial charge in [-0.2, -0.15) is 0 Å². The predicted octanol–water partition coefficient (Wildman–Crippen LogP) is 2.23. The zero-order valence-electron chi connectivity index (χ0n) is 15.6. The Hall–Kier alpha value is -2.37. The van der Waals surface area contributed by atoms with Crippen LogP contribution in [-0.2, 0) is 14.4 Å². The van der Waals surface area contributed by atoms with Gasteiger partial charge in [-0.25, -0.2) is 0 Å². The van der Waals surface area contributed by atoms with Crippen LogP contribution in [0.4, 0.5) is 5.69 Å². The fourth-order valence-corrected chi connectivity index (χ4v) is 4.20. The van der Waals surface area contributed by atoms with Crippen LogP contribution in [0.2, 0.25) is 0 Å². The van der Waals surface area contributed by atoms with E-state index in [1.165, 1.54) is 0 Å². The van der Waals surface area contributed by atoms with Crippen molar-refractivity contribution < 1.29 is 19.5 Å². The van der Waals surface area contributed by atoms with E-state index in [-0.39, 0.29) is 24.3 Å². The van der Waals surface area contributed by atoms with Gasteiger partial charge < -0.3 is 14.9 Å². The average molecular weight is 358 g/mol. The normalized spacial score (nSPS) is 26.3. The van der Waals surface area contributed by atoms with Crippen molar-refractivity contribution in [1.29, 1.82) is 0 Å². The van der Waals surface area contributed by atoms with E-state index in [0.29, 0.717) is 25.9 Å². The molecule has 2 amide bonds. The van der Waals surface area contributed by atoms with Gasteiger partial charge >= 0.3 is 5.97 Å². The summed E-state index contributed by atoms with van der Waals surface area (Å²) in [6.45, 7) is 7.17. The first kappa shape index (κ1) is 18.4. The smallest absolute Gasteiger partial charge is 0.308 e. The third-order valence-electron chi connectivity index (χ3n) is 5.34. The van der Waals surface area contributed by atoms with Crippen LogP contribution in [0.25, 0.3) is 0 Å². The first-order chi connectivity index (χ1) is 12.3. The summed E-state index contributed by atoms with van der Waals surface area (Å²) in [5, 5.41) is 9.30. The van der Waals surface area contributed by atoms with E-state index in [4.69, 9.17) is 0 Å². The predicted molar refractivity (Wildman–Crippen MR) is 97.9 cm³/mol. The molecule has 1 aromatic carbocycles. The number of carboxylic acid groups (broad SMARTS) is 1. The van der Waals surface area contributed by atoms with Gasteiger partial charge in [0.2, 0.25) is 11.8 Å². The van der Waals surface area contributed by atoms with Gasteiger partial charge in [-0.3, -0.25) is 14.4 Å². The number of rotatable bonds is 3. The molecule has 0 aromatic heterocycles. The Kier molecular flexibility index (Phi) is 5.03. The molecular weight excluding hydrogens is 332 g/mol. The van der Waals surface area contributed by atoms with Crippen molar-refractivity contribution in [2.24, 2.45) is 17.8 Å². The van der Waals surface area contributed by atoms with Crippen LogP contribution in [-0.4, -0.2) is 47.4 Å². The Morgan fingerprint density at radius 1 is 1.12 bits per heavy atom. The van der Waals surface area contributed by atoms with Crippen LogP contribution in [0.1, 0.15) is 30.9 Å². The molecule has 0 aliphatic carbocycles. The second kappa shape index (κ2) is 7.09. The molecule has 1 aromatic rings. The molecule has 3 unspecified atom stereocenters. The number of carbonyl (C=O) groups is 3.